The van der Waals surface area contributed by atoms with E-state index in [0.717, 1.165) is 16.9 Å². The molecule has 2 rings (SSSR count). The number of methoxy groups -OCH3 is 2. The Hall–Kier alpha value is -1.91. The Kier molecular flexibility index (Phi) is 5.92. The van der Waals surface area contributed by atoms with E-state index in [9.17, 15) is 4.39 Å². The number of hydrogen-bond donors (Lipinski definition) is 1. The Balaban J connectivity index is 2.04. The molecule has 0 bridgehead atoms. The van der Waals surface area contributed by atoms with Crippen LogP contribution in [-0.2, 0) is 17.9 Å². The molecular weight excluding hydrogens is 281 g/mol. The van der Waals surface area contributed by atoms with E-state index in [1.807, 2.05) is 30.3 Å². The summed E-state index contributed by atoms with van der Waals surface area (Å²) in [5.74, 6) is 0.630. The minimum absolute atomic E-state index is 0.132. The molecule has 0 saturated heterocycles. The van der Waals surface area contributed by atoms with Gasteiger partial charge in [-0.05, 0) is 30.7 Å². The third-order valence-corrected chi connectivity index (χ3v) is 3.63. The minimum Gasteiger partial charge on any atom is -0.496 e. The molecule has 0 aliphatic carbocycles. The lowest BCUT2D eigenvalue weighted by atomic mass is 10.1. The van der Waals surface area contributed by atoms with Crippen LogP contribution < -0.4 is 10.1 Å². The molecule has 3 nitrogen and oxygen atoms in total. The predicted molar refractivity (Wildman–Crippen MR) is 85.4 cm³/mol. The lowest BCUT2D eigenvalue weighted by molar-refractivity contribution is 0.181. The molecular formula is C18H22FNO2. The van der Waals surface area contributed by atoms with Gasteiger partial charge in [0, 0.05) is 30.8 Å². The lowest BCUT2D eigenvalue weighted by Crippen LogP contribution is -2.19. The Morgan fingerprint density at radius 2 is 1.91 bits per heavy atom. The number of nitrogens with one attached hydrogen (secondary N) is 1. The van der Waals surface area contributed by atoms with E-state index >= 15 is 0 Å². The maximum atomic E-state index is 13.6. The molecule has 0 unspecified atom stereocenters. The molecule has 0 aliphatic heterocycles. The van der Waals surface area contributed by atoms with Gasteiger partial charge in [-0.3, -0.25) is 0 Å². The molecule has 4 heteroatoms. The first-order valence-corrected chi connectivity index (χ1v) is 7.28. The summed E-state index contributed by atoms with van der Waals surface area (Å²) < 4.78 is 24.0. The highest BCUT2D eigenvalue weighted by molar-refractivity contribution is 5.35. The van der Waals surface area contributed by atoms with Crippen molar-refractivity contribution in [2.45, 2.75) is 26.1 Å². The summed E-state index contributed by atoms with van der Waals surface area (Å²) in [4.78, 5) is 0. The SMILES string of the molecule is COCc1cc(CN[C@H](C)c2ccccc2OC)ccc1F. The first kappa shape index (κ1) is 16.5. The second-order valence-corrected chi connectivity index (χ2v) is 5.20. The standard InChI is InChI=1S/C18H22FNO2/c1-13(16-6-4-5-7-18(16)22-3)20-11-14-8-9-17(19)15(10-14)12-21-2/h4-10,13,20H,11-12H2,1-3H3/t13-/m1/s1. The molecule has 0 radical (unpaired) electrons. The van der Waals surface area contributed by atoms with Crippen molar-refractivity contribution in [3.63, 3.8) is 0 Å². The summed E-state index contributed by atoms with van der Waals surface area (Å²) in [5, 5.41) is 3.44. The zero-order valence-corrected chi connectivity index (χ0v) is 13.2. The fraction of sp³-hybridized carbons (Fsp3) is 0.333. The Labute approximate surface area is 131 Å². The van der Waals surface area contributed by atoms with E-state index in [1.165, 1.54) is 6.07 Å². The van der Waals surface area contributed by atoms with Crippen molar-refractivity contribution in [1.29, 1.82) is 0 Å². The van der Waals surface area contributed by atoms with Gasteiger partial charge in [-0.25, -0.2) is 4.39 Å². The van der Waals surface area contributed by atoms with Crippen molar-refractivity contribution in [3.8, 4) is 5.75 Å². The fourth-order valence-electron chi connectivity index (χ4n) is 2.41. The predicted octanol–water partition coefficient (Wildman–Crippen LogP) is 3.83. The summed E-state index contributed by atoms with van der Waals surface area (Å²) >= 11 is 0. The molecule has 0 aromatic heterocycles. The molecule has 1 atom stereocenters. The first-order valence-electron chi connectivity index (χ1n) is 7.28. The van der Waals surface area contributed by atoms with Gasteiger partial charge in [-0.2, -0.15) is 0 Å². The number of ether oxygens (including phenoxy) is 2. The van der Waals surface area contributed by atoms with Crippen LogP contribution in [0, 0.1) is 5.82 Å². The topological polar surface area (TPSA) is 30.5 Å². The molecule has 1 N–H and O–H groups in total. The monoisotopic (exact) mass is 303 g/mol. The van der Waals surface area contributed by atoms with Gasteiger partial charge in [0.05, 0.1) is 13.7 Å². The molecule has 2 aromatic rings. The van der Waals surface area contributed by atoms with Crippen LogP contribution in [0.25, 0.3) is 0 Å². The first-order chi connectivity index (χ1) is 10.7. The number of para-hydroxylation sites is 1. The van der Waals surface area contributed by atoms with Crippen LogP contribution in [0.3, 0.4) is 0 Å². The van der Waals surface area contributed by atoms with Crippen LogP contribution in [0.4, 0.5) is 4.39 Å². The number of benzene rings is 2. The highest BCUT2D eigenvalue weighted by Crippen LogP contribution is 2.24. The zero-order chi connectivity index (χ0) is 15.9. The smallest absolute Gasteiger partial charge is 0.128 e. The van der Waals surface area contributed by atoms with E-state index in [-0.39, 0.29) is 18.5 Å². The maximum Gasteiger partial charge on any atom is 0.128 e. The van der Waals surface area contributed by atoms with E-state index in [1.54, 1.807) is 20.3 Å². The highest BCUT2D eigenvalue weighted by Gasteiger charge is 2.11. The normalized spacial score (nSPS) is 12.2. The molecule has 2 aromatic carbocycles. The van der Waals surface area contributed by atoms with Crippen molar-refractivity contribution in [3.05, 3.63) is 65.0 Å². The van der Waals surface area contributed by atoms with Gasteiger partial charge in [0.2, 0.25) is 0 Å². The molecule has 0 aliphatic rings. The molecule has 0 amide bonds. The van der Waals surface area contributed by atoms with E-state index in [4.69, 9.17) is 9.47 Å². The molecule has 118 valence electrons. The second kappa shape index (κ2) is 7.92. The van der Waals surface area contributed by atoms with Gasteiger partial charge in [-0.1, -0.05) is 24.3 Å². The van der Waals surface area contributed by atoms with Gasteiger partial charge >= 0.3 is 0 Å². The van der Waals surface area contributed by atoms with Gasteiger partial charge in [0.1, 0.15) is 11.6 Å². The quantitative estimate of drug-likeness (QED) is 0.843. The maximum absolute atomic E-state index is 13.6. The highest BCUT2D eigenvalue weighted by atomic mass is 19.1. The number of halogens is 1. The average molecular weight is 303 g/mol. The summed E-state index contributed by atoms with van der Waals surface area (Å²) in [5.41, 5.74) is 2.70. The second-order valence-electron chi connectivity index (χ2n) is 5.20. The molecule has 0 fully saturated rings. The molecule has 22 heavy (non-hydrogen) atoms. The largest absolute Gasteiger partial charge is 0.496 e. The average Bonchev–Trinajstić information content (AvgIpc) is 2.55. The van der Waals surface area contributed by atoms with Crippen LogP contribution >= 0.6 is 0 Å². The summed E-state index contributed by atoms with van der Waals surface area (Å²) in [7, 11) is 3.23. The third kappa shape index (κ3) is 4.06. The van der Waals surface area contributed by atoms with Crippen LogP contribution in [0.15, 0.2) is 42.5 Å². The van der Waals surface area contributed by atoms with E-state index < -0.39 is 0 Å². The van der Waals surface area contributed by atoms with Crippen LogP contribution in [0.2, 0.25) is 0 Å². The van der Waals surface area contributed by atoms with Gasteiger partial charge < -0.3 is 14.8 Å². The number of rotatable bonds is 7. The summed E-state index contributed by atoms with van der Waals surface area (Å²) in [6.07, 6.45) is 0. The third-order valence-electron chi connectivity index (χ3n) is 3.63. The van der Waals surface area contributed by atoms with Crippen molar-refractivity contribution < 1.29 is 13.9 Å². The van der Waals surface area contributed by atoms with Crippen molar-refractivity contribution in [2.24, 2.45) is 0 Å². The van der Waals surface area contributed by atoms with Crippen molar-refractivity contribution in [1.82, 2.24) is 5.32 Å². The van der Waals surface area contributed by atoms with Crippen molar-refractivity contribution >= 4 is 0 Å². The summed E-state index contributed by atoms with van der Waals surface area (Å²) in [6, 6.07) is 13.2. The zero-order valence-electron chi connectivity index (χ0n) is 13.2. The van der Waals surface area contributed by atoms with E-state index in [0.29, 0.717) is 12.1 Å². The molecule has 0 heterocycles. The molecule has 0 saturated carbocycles. The Bertz CT molecular complexity index is 616. The van der Waals surface area contributed by atoms with Gasteiger partial charge in [-0.15, -0.1) is 0 Å². The minimum atomic E-state index is -0.233. The van der Waals surface area contributed by atoms with E-state index in [2.05, 4.69) is 12.2 Å². The number of hydrogen-bond acceptors (Lipinski definition) is 3. The van der Waals surface area contributed by atoms with Gasteiger partial charge in [0.25, 0.3) is 0 Å². The fourth-order valence-corrected chi connectivity index (χ4v) is 2.41. The molecule has 0 spiro atoms. The van der Waals surface area contributed by atoms with Crippen LogP contribution in [0.5, 0.6) is 5.75 Å². The Morgan fingerprint density at radius 1 is 1.14 bits per heavy atom. The van der Waals surface area contributed by atoms with Crippen LogP contribution in [-0.4, -0.2) is 14.2 Å². The summed E-state index contributed by atoms with van der Waals surface area (Å²) in [6.45, 7) is 3.01. The van der Waals surface area contributed by atoms with Gasteiger partial charge in [0.15, 0.2) is 0 Å². The van der Waals surface area contributed by atoms with Crippen LogP contribution in [0.1, 0.15) is 29.7 Å². The van der Waals surface area contributed by atoms with Crippen molar-refractivity contribution in [2.75, 3.05) is 14.2 Å². The lowest BCUT2D eigenvalue weighted by Gasteiger charge is -2.17. The Morgan fingerprint density at radius 3 is 2.64 bits per heavy atom.